The summed E-state index contributed by atoms with van der Waals surface area (Å²) < 4.78 is 5.25. The maximum Gasteiger partial charge on any atom is 0.331 e. The molecule has 1 fully saturated rings. The van der Waals surface area contributed by atoms with E-state index in [4.69, 9.17) is 4.74 Å². The quantitative estimate of drug-likeness (QED) is 0.622. The Kier molecular flexibility index (Phi) is 4.00. The number of piperidine rings is 1. The Bertz CT molecular complexity index is 692. The van der Waals surface area contributed by atoms with Gasteiger partial charge in [-0.1, -0.05) is 30.3 Å². The van der Waals surface area contributed by atoms with Gasteiger partial charge in [0.15, 0.2) is 12.3 Å². The van der Waals surface area contributed by atoms with E-state index in [1.54, 1.807) is 0 Å². The van der Waals surface area contributed by atoms with Crippen LogP contribution in [0, 0.1) is 20.2 Å². The van der Waals surface area contributed by atoms with Crippen LogP contribution in [-0.4, -0.2) is 41.1 Å². The van der Waals surface area contributed by atoms with Crippen molar-refractivity contribution in [3.05, 3.63) is 68.0 Å². The summed E-state index contributed by atoms with van der Waals surface area (Å²) in [5.41, 5.74) is -1.83. The summed E-state index contributed by atoms with van der Waals surface area (Å²) in [5, 5.41) is 23.6. The summed E-state index contributed by atoms with van der Waals surface area (Å²) >= 11 is 0. The largest absolute Gasteiger partial charge is 0.494 e. The molecule has 24 heavy (non-hydrogen) atoms. The normalized spacial score (nSPS) is 31.9. The van der Waals surface area contributed by atoms with Crippen LogP contribution in [0.1, 0.15) is 18.4 Å². The van der Waals surface area contributed by atoms with Crippen LogP contribution >= 0.6 is 0 Å². The van der Waals surface area contributed by atoms with Gasteiger partial charge >= 0.3 is 5.54 Å². The number of nitrogens with one attached hydrogen (secondary N) is 1. The van der Waals surface area contributed by atoms with Crippen molar-refractivity contribution in [1.82, 2.24) is 0 Å². The third-order valence-corrected chi connectivity index (χ3v) is 5.12. The average Bonchev–Trinajstić information content (AvgIpc) is 2.55. The lowest BCUT2D eigenvalue weighted by Crippen LogP contribution is -3.17. The van der Waals surface area contributed by atoms with Gasteiger partial charge in [-0.3, -0.25) is 20.2 Å². The van der Waals surface area contributed by atoms with E-state index in [9.17, 15) is 20.2 Å². The predicted octanol–water partition coefficient (Wildman–Crippen LogP) is 0.440. The minimum absolute atomic E-state index is 0.113. The van der Waals surface area contributed by atoms with Crippen molar-refractivity contribution in [2.75, 3.05) is 20.2 Å². The second-order valence-corrected chi connectivity index (χ2v) is 6.69. The summed E-state index contributed by atoms with van der Waals surface area (Å²) in [6.07, 6.45) is 1.59. The number of fused-ring (bicyclic) bond motifs is 2. The van der Waals surface area contributed by atoms with Crippen molar-refractivity contribution < 1.29 is 19.5 Å². The minimum atomic E-state index is -1.53. The van der Waals surface area contributed by atoms with Gasteiger partial charge in [-0.05, 0) is 6.08 Å². The van der Waals surface area contributed by atoms with Crippen molar-refractivity contribution in [3.63, 3.8) is 0 Å². The van der Waals surface area contributed by atoms with E-state index in [0.717, 1.165) is 10.5 Å². The maximum atomic E-state index is 11.9. The van der Waals surface area contributed by atoms with E-state index in [1.807, 2.05) is 30.3 Å². The minimum Gasteiger partial charge on any atom is -0.494 e. The number of benzene rings is 1. The molecule has 8 heteroatoms. The maximum absolute atomic E-state index is 11.9. The molecule has 3 atom stereocenters. The molecule has 0 saturated carbocycles. The third kappa shape index (κ3) is 2.52. The number of ether oxygens (including phenoxy) is 1. The molecule has 1 aromatic rings. The fourth-order valence-corrected chi connectivity index (χ4v) is 4.11. The number of hydrogen-bond donors (Lipinski definition) is 1. The first kappa shape index (κ1) is 16.4. The molecule has 0 spiro atoms. The van der Waals surface area contributed by atoms with Crippen molar-refractivity contribution in [2.45, 2.75) is 30.5 Å². The SMILES string of the molecule is COC1=CC[C@]2([N+](=O)[O-])C[NH+](Cc3ccccc3)C[C@]1([N+](=O)[O-])C2. The van der Waals surface area contributed by atoms with Gasteiger partial charge in [0.2, 0.25) is 0 Å². The first-order chi connectivity index (χ1) is 11.4. The Morgan fingerprint density at radius 1 is 1.17 bits per heavy atom. The van der Waals surface area contributed by atoms with Gasteiger partial charge in [0.05, 0.1) is 7.11 Å². The molecule has 128 valence electrons. The summed E-state index contributed by atoms with van der Waals surface area (Å²) in [5.74, 6) is 0.246. The zero-order valence-corrected chi connectivity index (χ0v) is 13.4. The van der Waals surface area contributed by atoms with E-state index in [0.29, 0.717) is 6.54 Å². The standard InChI is InChI=1S/C16H19N3O5/c1-24-14-7-8-15(18(20)21)10-16(14,19(22)23)12-17(11-15)9-13-5-3-2-4-6-13/h2-7H,8-12H2,1H3/p+1/t15-,16-/m1/s1. The third-order valence-electron chi connectivity index (χ3n) is 5.12. The molecule has 1 N–H and O–H groups in total. The number of nitro groups is 2. The molecule has 1 aromatic carbocycles. The molecule has 1 aliphatic heterocycles. The number of hydrogen-bond acceptors (Lipinski definition) is 5. The molecule has 0 aromatic heterocycles. The Balaban J connectivity index is 1.99. The first-order valence-electron chi connectivity index (χ1n) is 7.83. The molecule has 2 aliphatic rings. The van der Waals surface area contributed by atoms with Crippen molar-refractivity contribution >= 4 is 0 Å². The van der Waals surface area contributed by atoms with Crippen LogP contribution in [0.15, 0.2) is 42.2 Å². The lowest BCUT2D eigenvalue weighted by molar-refractivity contribution is -0.955. The van der Waals surface area contributed by atoms with E-state index < -0.39 is 16.0 Å². The van der Waals surface area contributed by atoms with Crippen molar-refractivity contribution in [2.24, 2.45) is 0 Å². The van der Waals surface area contributed by atoms with Crippen LogP contribution in [0.3, 0.4) is 0 Å². The first-order valence-corrected chi connectivity index (χ1v) is 7.83. The molecule has 1 unspecified atom stereocenters. The number of methoxy groups -OCH3 is 1. The summed E-state index contributed by atoms with van der Waals surface area (Å²) in [6.45, 7) is 0.977. The van der Waals surface area contributed by atoms with Crippen LogP contribution in [0.25, 0.3) is 0 Å². The topological polar surface area (TPSA) is 100.0 Å². The van der Waals surface area contributed by atoms with Crippen LogP contribution < -0.4 is 4.90 Å². The van der Waals surface area contributed by atoms with Gasteiger partial charge in [0, 0.05) is 21.8 Å². The lowest BCUT2D eigenvalue weighted by atomic mass is 9.71. The molecule has 1 saturated heterocycles. The summed E-state index contributed by atoms with van der Waals surface area (Å²) in [4.78, 5) is 23.7. The second-order valence-electron chi connectivity index (χ2n) is 6.69. The highest BCUT2D eigenvalue weighted by Crippen LogP contribution is 2.40. The molecule has 2 bridgehead atoms. The van der Waals surface area contributed by atoms with E-state index in [1.165, 1.54) is 13.2 Å². The van der Waals surface area contributed by atoms with E-state index in [-0.39, 0.29) is 36.6 Å². The number of nitrogens with zero attached hydrogens (tertiary/aromatic N) is 2. The predicted molar refractivity (Wildman–Crippen MR) is 84.6 cm³/mol. The van der Waals surface area contributed by atoms with Gasteiger partial charge in [-0.15, -0.1) is 0 Å². The average molecular weight is 334 g/mol. The van der Waals surface area contributed by atoms with Crippen molar-refractivity contribution in [1.29, 1.82) is 0 Å². The van der Waals surface area contributed by atoms with E-state index in [2.05, 4.69) is 0 Å². The Labute approximate surface area is 139 Å². The molecule has 3 rings (SSSR count). The van der Waals surface area contributed by atoms with Gasteiger partial charge < -0.3 is 9.64 Å². The molecule has 8 nitrogen and oxygen atoms in total. The summed E-state index contributed by atoms with van der Waals surface area (Å²) in [7, 11) is 1.39. The van der Waals surface area contributed by atoms with Gasteiger partial charge in [0.25, 0.3) is 5.54 Å². The van der Waals surface area contributed by atoms with E-state index >= 15 is 0 Å². The Morgan fingerprint density at radius 2 is 1.88 bits per heavy atom. The van der Waals surface area contributed by atoms with Crippen LogP contribution in [0.2, 0.25) is 0 Å². The number of quaternary nitrogens is 1. The number of rotatable bonds is 5. The highest BCUT2D eigenvalue weighted by Gasteiger charge is 2.69. The lowest BCUT2D eigenvalue weighted by Gasteiger charge is -2.43. The second kappa shape index (κ2) is 5.86. The van der Waals surface area contributed by atoms with Gasteiger partial charge in [0.1, 0.15) is 19.5 Å². The monoisotopic (exact) mass is 334 g/mol. The fraction of sp³-hybridized carbons (Fsp3) is 0.500. The molecule has 1 heterocycles. The van der Waals surface area contributed by atoms with Crippen LogP contribution in [0.5, 0.6) is 0 Å². The number of likely N-dealkylation sites (tertiary alicyclic amines) is 1. The highest BCUT2D eigenvalue weighted by molar-refractivity contribution is 5.21. The van der Waals surface area contributed by atoms with Gasteiger partial charge in [-0.2, -0.15) is 0 Å². The van der Waals surface area contributed by atoms with Crippen LogP contribution in [0.4, 0.5) is 0 Å². The molecule has 1 aliphatic carbocycles. The highest BCUT2D eigenvalue weighted by atomic mass is 16.6. The molecular formula is C16H20N3O5+. The Hall–Kier alpha value is -2.48. The molecule has 0 amide bonds. The molecular weight excluding hydrogens is 314 g/mol. The van der Waals surface area contributed by atoms with Crippen LogP contribution in [-0.2, 0) is 11.3 Å². The zero-order chi connectivity index (χ0) is 17.4. The smallest absolute Gasteiger partial charge is 0.331 e. The molecule has 0 radical (unpaired) electrons. The summed E-state index contributed by atoms with van der Waals surface area (Å²) in [6, 6.07) is 9.55. The van der Waals surface area contributed by atoms with Crippen molar-refractivity contribution in [3.8, 4) is 0 Å². The van der Waals surface area contributed by atoms with Gasteiger partial charge in [-0.25, -0.2) is 0 Å². The zero-order valence-electron chi connectivity index (χ0n) is 13.4. The Morgan fingerprint density at radius 3 is 2.46 bits per heavy atom. The fourth-order valence-electron chi connectivity index (χ4n) is 4.11.